The fourth-order valence-corrected chi connectivity index (χ4v) is 18.0. The smallest absolute Gasteiger partial charge is 0.179 e. The normalized spacial score (nSPS) is 13.4. The van der Waals surface area contributed by atoms with Crippen molar-refractivity contribution < 1.29 is 0 Å². The van der Waals surface area contributed by atoms with Crippen LogP contribution in [0.3, 0.4) is 0 Å². The minimum absolute atomic E-state index is 0.0188. The first-order chi connectivity index (χ1) is 35.7. The van der Waals surface area contributed by atoms with Gasteiger partial charge in [0.2, 0.25) is 0 Å². The lowest BCUT2D eigenvalue weighted by Crippen LogP contribution is -2.74. The SMILES string of the molecule is CC(C)(C)c1ccc2c(c1)c1cc(C(C)(C)C)cc3c4c(CCc5cccc([Si](c6ccccc6)(c6ccccc6)c6ccccc6)c5)c5c(cc4n2c13)c1cc(C(C)(C)C)cc2c3cc(C(C)(C)C)ccc3n5c21. The van der Waals surface area contributed by atoms with Crippen LogP contribution in [0.25, 0.3) is 76.2 Å². The van der Waals surface area contributed by atoms with Crippen LogP contribution in [-0.4, -0.2) is 16.9 Å². The van der Waals surface area contributed by atoms with Gasteiger partial charge in [-0.1, -0.05) is 210 Å². The van der Waals surface area contributed by atoms with Gasteiger partial charge in [-0.25, -0.2) is 0 Å². The molecule has 372 valence electrons. The van der Waals surface area contributed by atoms with Crippen molar-refractivity contribution in [3.05, 3.63) is 215 Å². The van der Waals surface area contributed by atoms with E-state index in [1.165, 1.54) is 130 Å². The number of benzene rings is 9. The molecule has 9 aromatic carbocycles. The van der Waals surface area contributed by atoms with E-state index >= 15 is 0 Å². The summed E-state index contributed by atoms with van der Waals surface area (Å²) in [5.74, 6) is 0. The summed E-state index contributed by atoms with van der Waals surface area (Å²) in [5, 5.41) is 16.5. The number of aromatic nitrogens is 2. The summed E-state index contributed by atoms with van der Waals surface area (Å²) in [7, 11) is -2.75. The molecule has 75 heavy (non-hydrogen) atoms. The Kier molecular flexibility index (Phi) is 10.4. The molecule has 0 spiro atoms. The van der Waals surface area contributed by atoms with Gasteiger partial charge in [-0.3, -0.25) is 0 Å². The van der Waals surface area contributed by atoms with E-state index in [2.05, 4.69) is 274 Å². The molecule has 0 N–H and O–H groups in total. The molecule has 0 bridgehead atoms. The van der Waals surface area contributed by atoms with Gasteiger partial charge in [0, 0.05) is 43.1 Å². The Hall–Kier alpha value is -7.20. The Morgan fingerprint density at radius 1 is 0.307 bits per heavy atom. The van der Waals surface area contributed by atoms with Gasteiger partial charge in [0.05, 0.1) is 33.1 Å². The van der Waals surface area contributed by atoms with Gasteiger partial charge in [-0.2, -0.15) is 0 Å². The first kappa shape index (κ1) is 47.5. The molecule has 0 amide bonds. The second-order valence-corrected chi connectivity index (χ2v) is 30.0. The van der Waals surface area contributed by atoms with E-state index in [0.29, 0.717) is 0 Å². The quantitative estimate of drug-likeness (QED) is 0.111. The molecular formula is C72H70N2Si. The average molecular weight is 991 g/mol. The van der Waals surface area contributed by atoms with Crippen molar-refractivity contribution in [2.75, 3.05) is 0 Å². The number of rotatable bonds is 7. The van der Waals surface area contributed by atoms with Gasteiger partial charge < -0.3 is 8.80 Å². The highest BCUT2D eigenvalue weighted by molar-refractivity contribution is 7.19. The van der Waals surface area contributed by atoms with Crippen molar-refractivity contribution in [1.29, 1.82) is 0 Å². The van der Waals surface area contributed by atoms with E-state index in [1.807, 2.05) is 0 Å². The molecule has 4 heterocycles. The van der Waals surface area contributed by atoms with E-state index in [0.717, 1.165) is 12.8 Å². The van der Waals surface area contributed by atoms with Gasteiger partial charge in [-0.05, 0) is 143 Å². The van der Waals surface area contributed by atoms with Gasteiger partial charge in [0.15, 0.2) is 8.07 Å². The molecule has 0 atom stereocenters. The second-order valence-electron chi connectivity index (χ2n) is 26.2. The van der Waals surface area contributed by atoms with Gasteiger partial charge in [0.1, 0.15) is 0 Å². The van der Waals surface area contributed by atoms with Crippen LogP contribution < -0.4 is 20.7 Å². The number of fused-ring (bicyclic) bond motifs is 12. The third-order valence-electron chi connectivity index (χ3n) is 17.2. The topological polar surface area (TPSA) is 8.82 Å². The predicted molar refractivity (Wildman–Crippen MR) is 328 cm³/mol. The van der Waals surface area contributed by atoms with Crippen LogP contribution >= 0.6 is 0 Å². The summed E-state index contributed by atoms with van der Waals surface area (Å²) in [6.45, 7) is 28.3. The van der Waals surface area contributed by atoms with E-state index in [4.69, 9.17) is 0 Å². The molecule has 0 saturated heterocycles. The highest BCUT2D eigenvalue weighted by Crippen LogP contribution is 2.50. The van der Waals surface area contributed by atoms with Crippen LogP contribution in [0.15, 0.2) is 182 Å². The maximum absolute atomic E-state index is 2.75. The van der Waals surface area contributed by atoms with Crippen molar-refractivity contribution in [2.45, 2.75) is 118 Å². The molecular weight excluding hydrogens is 921 g/mol. The van der Waals surface area contributed by atoms with Crippen molar-refractivity contribution in [2.24, 2.45) is 0 Å². The van der Waals surface area contributed by atoms with Crippen molar-refractivity contribution in [1.82, 2.24) is 8.80 Å². The zero-order valence-electron chi connectivity index (χ0n) is 46.1. The van der Waals surface area contributed by atoms with Gasteiger partial charge >= 0.3 is 0 Å². The molecule has 0 aliphatic carbocycles. The molecule has 0 radical (unpaired) electrons. The second kappa shape index (κ2) is 16.4. The summed E-state index contributed by atoms with van der Waals surface area (Å²) >= 11 is 0. The largest absolute Gasteiger partial charge is 0.308 e. The molecule has 2 nitrogen and oxygen atoms in total. The maximum atomic E-state index is 2.70. The highest BCUT2D eigenvalue weighted by atomic mass is 28.3. The third kappa shape index (κ3) is 7.17. The Morgan fingerprint density at radius 2 is 0.707 bits per heavy atom. The predicted octanol–water partition coefficient (Wildman–Crippen LogP) is 16.3. The summed E-state index contributed by atoms with van der Waals surface area (Å²) < 4.78 is 5.36. The number of hydrogen-bond acceptors (Lipinski definition) is 0. The van der Waals surface area contributed by atoms with E-state index in [9.17, 15) is 0 Å². The molecule has 0 fully saturated rings. The summed E-state index contributed by atoms with van der Waals surface area (Å²) in [5.41, 5.74) is 16.2. The minimum Gasteiger partial charge on any atom is -0.308 e. The molecule has 0 aliphatic rings. The Bertz CT molecular complexity index is 4250. The van der Waals surface area contributed by atoms with Gasteiger partial charge in [-0.15, -0.1) is 0 Å². The first-order valence-electron chi connectivity index (χ1n) is 27.5. The van der Waals surface area contributed by atoms with Crippen molar-refractivity contribution >= 4 is 105 Å². The average Bonchev–Trinajstić information content (AvgIpc) is 4.29. The Labute approximate surface area is 444 Å². The molecule has 0 saturated carbocycles. The van der Waals surface area contributed by atoms with E-state index in [-0.39, 0.29) is 21.7 Å². The maximum Gasteiger partial charge on any atom is 0.179 e. The summed E-state index contributed by atoms with van der Waals surface area (Å²) in [6.07, 6.45) is 1.78. The molecule has 13 rings (SSSR count). The summed E-state index contributed by atoms with van der Waals surface area (Å²) in [4.78, 5) is 0. The fraction of sp³-hybridized carbons (Fsp3) is 0.250. The highest BCUT2D eigenvalue weighted by Gasteiger charge is 2.41. The lowest BCUT2D eigenvalue weighted by molar-refractivity contribution is 0.590. The monoisotopic (exact) mass is 991 g/mol. The zero-order valence-corrected chi connectivity index (χ0v) is 47.1. The number of aryl methyl sites for hydroxylation is 2. The van der Waals surface area contributed by atoms with Crippen molar-refractivity contribution in [3.8, 4) is 0 Å². The number of hydrogen-bond donors (Lipinski definition) is 0. The molecule has 0 aliphatic heterocycles. The zero-order chi connectivity index (χ0) is 52.1. The lowest BCUT2D eigenvalue weighted by atomic mass is 9.83. The lowest BCUT2D eigenvalue weighted by Gasteiger charge is -2.34. The van der Waals surface area contributed by atoms with Crippen LogP contribution in [0.5, 0.6) is 0 Å². The van der Waals surface area contributed by atoms with Crippen LogP contribution in [0.4, 0.5) is 0 Å². The number of nitrogens with zero attached hydrogens (tertiary/aromatic N) is 2. The Balaban J connectivity index is 1.14. The van der Waals surface area contributed by atoms with E-state index < -0.39 is 8.07 Å². The minimum atomic E-state index is -2.75. The van der Waals surface area contributed by atoms with Crippen molar-refractivity contribution in [3.63, 3.8) is 0 Å². The molecule has 4 aromatic heterocycles. The summed E-state index contributed by atoms with van der Waals surface area (Å²) in [6, 6.07) is 71.3. The molecule has 13 aromatic rings. The van der Waals surface area contributed by atoms with Gasteiger partial charge in [0.25, 0.3) is 0 Å². The Morgan fingerprint density at radius 3 is 1.19 bits per heavy atom. The van der Waals surface area contributed by atoms with Crippen LogP contribution in [-0.2, 0) is 34.5 Å². The fourth-order valence-electron chi connectivity index (χ4n) is 13.2. The van der Waals surface area contributed by atoms with E-state index in [1.54, 1.807) is 0 Å². The molecule has 3 heteroatoms. The van der Waals surface area contributed by atoms with Crippen LogP contribution in [0.2, 0.25) is 0 Å². The van der Waals surface area contributed by atoms with Crippen LogP contribution in [0.1, 0.15) is 116 Å². The first-order valence-corrected chi connectivity index (χ1v) is 29.5. The third-order valence-corrected chi connectivity index (χ3v) is 22.0. The standard InChI is InChI=1S/C72H70N2Si/c1-69(2,3)46-32-35-62-55(38-46)58-41-49(72(10,11)12)43-61-65-54(34-31-45-23-22-30-53(37-45)75(50-24-16-13-17-25-50,51-26-18-14-19-27-51)52-28-20-15-21-29-52)66-60(44-64(65)73(62)68(58)61)59-42-48(71(7,8)9)40-57-56-39-47(70(4,5)6)33-36-63(56)74(66)67(57)59/h13-30,32-33,35-44H,31,34H2,1-12H3. The molecule has 0 unspecified atom stereocenters. The van der Waals surface area contributed by atoms with Crippen LogP contribution in [0, 0.1) is 0 Å².